The largest absolute Gasteiger partial charge is 0.417 e. The van der Waals surface area contributed by atoms with Crippen LogP contribution in [0.3, 0.4) is 0 Å². The van der Waals surface area contributed by atoms with E-state index in [-0.39, 0.29) is 24.0 Å². The van der Waals surface area contributed by atoms with Gasteiger partial charge in [-0.1, -0.05) is 12.1 Å². The molecule has 0 bridgehead atoms. The first kappa shape index (κ1) is 16.8. The third kappa shape index (κ3) is 3.43. The number of halogens is 4. The van der Waals surface area contributed by atoms with Gasteiger partial charge in [-0.05, 0) is 25.1 Å². The van der Waals surface area contributed by atoms with Crippen molar-refractivity contribution >= 4 is 18.3 Å². The Balaban J connectivity index is 0.00000200. The van der Waals surface area contributed by atoms with Gasteiger partial charge in [0.2, 0.25) is 0 Å². The molecule has 0 unspecified atom stereocenters. The van der Waals surface area contributed by atoms with Crippen molar-refractivity contribution in [1.82, 2.24) is 10.2 Å². The molecule has 1 aromatic rings. The van der Waals surface area contributed by atoms with Crippen LogP contribution in [0.15, 0.2) is 24.3 Å². The molecule has 1 aromatic carbocycles. The first-order valence-electron chi connectivity index (χ1n) is 6.05. The number of amides is 1. The Bertz CT molecular complexity index is 473. The lowest BCUT2D eigenvalue weighted by molar-refractivity contribution is -0.138. The van der Waals surface area contributed by atoms with Crippen molar-refractivity contribution in [3.05, 3.63) is 35.4 Å². The summed E-state index contributed by atoms with van der Waals surface area (Å²) in [6, 6.07) is 4.85. The summed E-state index contributed by atoms with van der Waals surface area (Å²) >= 11 is 0. The number of hydrogen-bond donors (Lipinski definition) is 1. The number of nitrogens with one attached hydrogen (secondary N) is 1. The molecule has 1 N–H and O–H groups in total. The minimum absolute atomic E-state index is 0. The number of likely N-dealkylation sites (N-methyl/N-ethyl adjacent to an activating group) is 1. The number of hydrogen-bond acceptors (Lipinski definition) is 2. The number of carbonyl (C=O) groups excluding carboxylic acids is 1. The molecule has 3 nitrogen and oxygen atoms in total. The van der Waals surface area contributed by atoms with Gasteiger partial charge in [0.05, 0.1) is 11.1 Å². The summed E-state index contributed by atoms with van der Waals surface area (Å²) in [6.07, 6.45) is -3.75. The molecule has 1 saturated heterocycles. The Morgan fingerprint density at radius 2 is 2.00 bits per heavy atom. The van der Waals surface area contributed by atoms with Gasteiger partial charge >= 0.3 is 6.18 Å². The second-order valence-corrected chi connectivity index (χ2v) is 4.61. The van der Waals surface area contributed by atoms with E-state index in [1.165, 1.54) is 23.1 Å². The first-order chi connectivity index (χ1) is 8.91. The van der Waals surface area contributed by atoms with E-state index in [1.807, 2.05) is 0 Å². The van der Waals surface area contributed by atoms with Crippen LogP contribution in [0.1, 0.15) is 22.3 Å². The summed E-state index contributed by atoms with van der Waals surface area (Å²) in [4.78, 5) is 13.6. The molecule has 2 rings (SSSR count). The molecule has 0 saturated carbocycles. The summed E-state index contributed by atoms with van der Waals surface area (Å²) in [6.45, 7) is 1.40. The van der Waals surface area contributed by atoms with Crippen molar-refractivity contribution in [3.63, 3.8) is 0 Å². The average molecular weight is 309 g/mol. The van der Waals surface area contributed by atoms with Crippen molar-refractivity contribution in [1.29, 1.82) is 0 Å². The quantitative estimate of drug-likeness (QED) is 0.911. The lowest BCUT2D eigenvalue weighted by Gasteiger charge is -2.25. The van der Waals surface area contributed by atoms with E-state index in [0.717, 1.165) is 19.0 Å². The maximum Gasteiger partial charge on any atom is 0.417 e. The fourth-order valence-electron chi connectivity index (χ4n) is 2.24. The molecular weight excluding hydrogens is 293 g/mol. The Morgan fingerprint density at radius 3 is 2.55 bits per heavy atom. The summed E-state index contributed by atoms with van der Waals surface area (Å²) in [5.41, 5.74) is -1.16. The van der Waals surface area contributed by atoms with Crippen LogP contribution in [0.5, 0.6) is 0 Å². The molecule has 1 fully saturated rings. The molecular formula is C13H16ClF3N2O. The third-order valence-corrected chi connectivity index (χ3v) is 3.37. The van der Waals surface area contributed by atoms with E-state index in [4.69, 9.17) is 0 Å². The predicted octanol–water partition coefficient (Wildman–Crippen LogP) is 2.56. The minimum atomic E-state index is -4.51. The van der Waals surface area contributed by atoms with Gasteiger partial charge in [-0.3, -0.25) is 4.79 Å². The van der Waals surface area contributed by atoms with Crippen molar-refractivity contribution in [2.24, 2.45) is 0 Å². The molecule has 0 aliphatic carbocycles. The highest BCUT2D eigenvalue weighted by Gasteiger charge is 2.36. The van der Waals surface area contributed by atoms with E-state index in [2.05, 4.69) is 5.32 Å². The monoisotopic (exact) mass is 308 g/mol. The fraction of sp³-hybridized carbons (Fsp3) is 0.462. The lowest BCUT2D eigenvalue weighted by atomic mass is 10.0. The first-order valence-corrected chi connectivity index (χ1v) is 6.05. The lowest BCUT2D eigenvalue weighted by Crippen LogP contribution is -2.39. The highest BCUT2D eigenvalue weighted by molar-refractivity contribution is 5.96. The van der Waals surface area contributed by atoms with Gasteiger partial charge < -0.3 is 10.2 Å². The molecule has 1 aliphatic rings. The second kappa shape index (κ2) is 6.45. The molecule has 0 aromatic heterocycles. The fourth-order valence-corrected chi connectivity index (χ4v) is 2.24. The van der Waals surface area contributed by atoms with Crippen molar-refractivity contribution in [3.8, 4) is 0 Å². The van der Waals surface area contributed by atoms with E-state index >= 15 is 0 Å². The van der Waals surface area contributed by atoms with Gasteiger partial charge in [0.15, 0.2) is 0 Å². The van der Waals surface area contributed by atoms with Crippen LogP contribution in [0.25, 0.3) is 0 Å². The van der Waals surface area contributed by atoms with E-state index in [1.54, 1.807) is 7.05 Å². The zero-order chi connectivity index (χ0) is 14.0. The Kier molecular flexibility index (Phi) is 5.42. The molecule has 0 spiro atoms. The van der Waals surface area contributed by atoms with Crippen LogP contribution < -0.4 is 5.32 Å². The smallest absolute Gasteiger partial charge is 0.337 e. The van der Waals surface area contributed by atoms with Crippen LogP contribution in [0.2, 0.25) is 0 Å². The van der Waals surface area contributed by atoms with E-state index in [0.29, 0.717) is 6.54 Å². The van der Waals surface area contributed by atoms with E-state index < -0.39 is 17.6 Å². The summed E-state index contributed by atoms with van der Waals surface area (Å²) in [5.74, 6) is -0.582. The van der Waals surface area contributed by atoms with Crippen molar-refractivity contribution in [2.75, 3.05) is 20.1 Å². The Hall–Kier alpha value is -1.27. The summed E-state index contributed by atoms with van der Waals surface area (Å²) < 4.78 is 38.6. The molecule has 112 valence electrons. The molecule has 1 amide bonds. The Labute approximate surface area is 121 Å². The van der Waals surface area contributed by atoms with Gasteiger partial charge in [-0.25, -0.2) is 0 Å². The highest BCUT2D eigenvalue weighted by atomic mass is 35.5. The molecule has 1 aliphatic heterocycles. The SMILES string of the molecule is CN(C(=O)c1ccccc1C(F)(F)F)[C@H]1CCNC1.Cl. The summed E-state index contributed by atoms with van der Waals surface area (Å²) in [7, 11) is 1.55. The molecule has 20 heavy (non-hydrogen) atoms. The molecule has 1 heterocycles. The maximum absolute atomic E-state index is 12.9. The average Bonchev–Trinajstić information content (AvgIpc) is 2.90. The van der Waals surface area contributed by atoms with Gasteiger partial charge in [-0.15, -0.1) is 12.4 Å². The van der Waals surface area contributed by atoms with Crippen molar-refractivity contribution in [2.45, 2.75) is 18.6 Å². The third-order valence-electron chi connectivity index (χ3n) is 3.37. The van der Waals surface area contributed by atoms with E-state index in [9.17, 15) is 18.0 Å². The zero-order valence-corrected chi connectivity index (χ0v) is 11.7. The van der Waals surface area contributed by atoms with Gasteiger partial charge in [0.1, 0.15) is 0 Å². The topological polar surface area (TPSA) is 32.3 Å². The standard InChI is InChI=1S/C13H15F3N2O.ClH/c1-18(9-6-7-17-8-9)12(19)10-4-2-3-5-11(10)13(14,15)16;/h2-5,9,17H,6-8H2,1H3;1H/t9-;/m0./s1. The highest BCUT2D eigenvalue weighted by Crippen LogP contribution is 2.32. The number of benzene rings is 1. The summed E-state index contributed by atoms with van der Waals surface area (Å²) in [5, 5.41) is 3.09. The zero-order valence-electron chi connectivity index (χ0n) is 10.9. The second-order valence-electron chi connectivity index (χ2n) is 4.61. The number of nitrogens with zero attached hydrogens (tertiary/aromatic N) is 1. The molecule has 1 atom stereocenters. The molecule has 7 heteroatoms. The van der Waals surface area contributed by atoms with Crippen LogP contribution in [-0.2, 0) is 6.18 Å². The number of alkyl halides is 3. The van der Waals surface area contributed by atoms with Crippen LogP contribution in [0, 0.1) is 0 Å². The Morgan fingerprint density at radius 1 is 1.35 bits per heavy atom. The van der Waals surface area contributed by atoms with Crippen LogP contribution in [-0.4, -0.2) is 37.0 Å². The normalized spacial score (nSPS) is 18.5. The van der Waals surface area contributed by atoms with Gasteiger partial charge in [-0.2, -0.15) is 13.2 Å². The minimum Gasteiger partial charge on any atom is -0.337 e. The number of carbonyl (C=O) groups is 1. The van der Waals surface area contributed by atoms with Crippen molar-refractivity contribution < 1.29 is 18.0 Å². The predicted molar refractivity (Wildman–Crippen MR) is 72.1 cm³/mol. The van der Waals surface area contributed by atoms with Gasteiger partial charge in [0, 0.05) is 19.6 Å². The number of rotatable bonds is 2. The van der Waals surface area contributed by atoms with Crippen LogP contribution in [0.4, 0.5) is 13.2 Å². The maximum atomic E-state index is 12.9. The van der Waals surface area contributed by atoms with Crippen LogP contribution >= 0.6 is 12.4 Å². The van der Waals surface area contributed by atoms with Gasteiger partial charge in [0.25, 0.3) is 5.91 Å². The molecule has 0 radical (unpaired) electrons.